The van der Waals surface area contributed by atoms with Crippen LogP contribution in [0, 0.1) is 5.82 Å². The highest BCUT2D eigenvalue weighted by Crippen LogP contribution is 2.15. The molecule has 28 heavy (non-hydrogen) atoms. The van der Waals surface area contributed by atoms with Crippen molar-refractivity contribution < 1.29 is 31.9 Å². The Morgan fingerprint density at radius 3 is 2.25 bits per heavy atom. The highest BCUT2D eigenvalue weighted by molar-refractivity contribution is 7.89. The predicted molar refractivity (Wildman–Crippen MR) is 99.1 cm³/mol. The number of hydrogen-bond donors (Lipinski definition) is 1. The molecule has 7 nitrogen and oxygen atoms in total. The van der Waals surface area contributed by atoms with Crippen LogP contribution < -0.4 is 9.46 Å². The van der Waals surface area contributed by atoms with Crippen LogP contribution in [0.2, 0.25) is 0 Å². The molecule has 2 aromatic carbocycles. The molecule has 0 aliphatic carbocycles. The van der Waals surface area contributed by atoms with Gasteiger partial charge >= 0.3 is 5.97 Å². The van der Waals surface area contributed by atoms with Crippen molar-refractivity contribution >= 4 is 21.8 Å². The number of halogens is 1. The summed E-state index contributed by atoms with van der Waals surface area (Å²) >= 11 is 0. The van der Waals surface area contributed by atoms with Crippen molar-refractivity contribution in [3.63, 3.8) is 0 Å². The van der Waals surface area contributed by atoms with E-state index in [1.165, 1.54) is 43.3 Å². The molecule has 0 aliphatic heterocycles. The topological polar surface area (TPSA) is 98.8 Å². The van der Waals surface area contributed by atoms with Gasteiger partial charge in [0.05, 0.1) is 11.5 Å². The summed E-state index contributed by atoms with van der Waals surface area (Å²) in [6, 6.07) is 10.5. The van der Waals surface area contributed by atoms with E-state index in [1.807, 2.05) is 0 Å². The SMILES string of the molecule is CCOc1ccc(S(=O)(=O)NCC(=O)O[C@@H](C)C(=O)c2ccc(F)cc2)cc1. The second kappa shape index (κ2) is 9.43. The van der Waals surface area contributed by atoms with Gasteiger partial charge in [-0.2, -0.15) is 4.72 Å². The minimum Gasteiger partial charge on any atom is -0.494 e. The smallest absolute Gasteiger partial charge is 0.321 e. The van der Waals surface area contributed by atoms with Crippen molar-refractivity contribution in [3.8, 4) is 5.75 Å². The first-order valence-corrected chi connectivity index (χ1v) is 9.93. The molecule has 150 valence electrons. The Kier molecular flexibility index (Phi) is 7.24. The molecule has 1 atom stereocenters. The molecule has 0 amide bonds. The van der Waals surface area contributed by atoms with Crippen LogP contribution in [0.1, 0.15) is 24.2 Å². The minimum atomic E-state index is -3.93. The Morgan fingerprint density at radius 1 is 1.07 bits per heavy atom. The zero-order valence-electron chi connectivity index (χ0n) is 15.3. The van der Waals surface area contributed by atoms with E-state index >= 15 is 0 Å². The summed E-state index contributed by atoms with van der Waals surface area (Å²) in [5, 5.41) is 0. The van der Waals surface area contributed by atoms with Gasteiger partial charge < -0.3 is 9.47 Å². The molecule has 0 spiro atoms. The highest BCUT2D eigenvalue weighted by atomic mass is 32.2. The summed E-state index contributed by atoms with van der Waals surface area (Å²) in [6.07, 6.45) is -1.15. The third-order valence-corrected chi connectivity index (χ3v) is 5.07. The van der Waals surface area contributed by atoms with E-state index in [1.54, 1.807) is 6.92 Å². The number of ether oxygens (including phenoxy) is 2. The summed E-state index contributed by atoms with van der Waals surface area (Å²) in [4.78, 5) is 24.0. The van der Waals surface area contributed by atoms with Crippen molar-refractivity contribution in [2.45, 2.75) is 24.8 Å². The number of nitrogens with one attached hydrogen (secondary N) is 1. The Hall–Kier alpha value is -2.78. The van der Waals surface area contributed by atoms with Crippen molar-refractivity contribution in [2.75, 3.05) is 13.2 Å². The molecule has 0 radical (unpaired) electrons. The van der Waals surface area contributed by atoms with E-state index in [2.05, 4.69) is 4.72 Å². The largest absolute Gasteiger partial charge is 0.494 e. The number of carbonyl (C=O) groups is 2. The molecule has 0 saturated carbocycles. The van der Waals surface area contributed by atoms with E-state index < -0.39 is 40.2 Å². The summed E-state index contributed by atoms with van der Waals surface area (Å²) in [5.41, 5.74) is 0.177. The number of carbonyl (C=O) groups excluding carboxylic acids is 2. The van der Waals surface area contributed by atoms with E-state index in [0.717, 1.165) is 12.1 Å². The molecule has 9 heteroatoms. The lowest BCUT2D eigenvalue weighted by Gasteiger charge is -2.13. The molecule has 0 saturated heterocycles. The standard InChI is InChI=1S/C19H20FNO6S/c1-3-26-16-8-10-17(11-9-16)28(24,25)21-12-18(22)27-13(2)19(23)14-4-6-15(20)7-5-14/h4-11,13,21H,3,12H2,1-2H3/t13-/m0/s1. The zero-order chi connectivity index (χ0) is 20.7. The van der Waals surface area contributed by atoms with Crippen molar-refractivity contribution in [1.82, 2.24) is 4.72 Å². The summed E-state index contributed by atoms with van der Waals surface area (Å²) in [7, 11) is -3.93. The van der Waals surface area contributed by atoms with Gasteiger partial charge in [-0.25, -0.2) is 12.8 Å². The highest BCUT2D eigenvalue weighted by Gasteiger charge is 2.21. The van der Waals surface area contributed by atoms with Crippen LogP contribution in [-0.2, 0) is 19.6 Å². The molecule has 0 aromatic heterocycles. The molecule has 0 heterocycles. The lowest BCUT2D eigenvalue weighted by Crippen LogP contribution is -2.34. The van der Waals surface area contributed by atoms with Crippen LogP contribution in [0.3, 0.4) is 0 Å². The Labute approximate surface area is 162 Å². The van der Waals surface area contributed by atoms with Gasteiger partial charge in [0.25, 0.3) is 0 Å². The number of sulfonamides is 1. The number of esters is 1. The fraction of sp³-hybridized carbons (Fsp3) is 0.263. The minimum absolute atomic E-state index is 0.0424. The first-order valence-electron chi connectivity index (χ1n) is 8.44. The molecular weight excluding hydrogens is 389 g/mol. The molecule has 0 bridgehead atoms. The maximum atomic E-state index is 12.9. The van der Waals surface area contributed by atoms with Crippen LogP contribution in [0.15, 0.2) is 53.4 Å². The van der Waals surface area contributed by atoms with Crippen LogP contribution in [0.4, 0.5) is 4.39 Å². The number of benzene rings is 2. The summed E-state index contributed by atoms with van der Waals surface area (Å²) in [6.45, 7) is 2.96. The maximum absolute atomic E-state index is 12.9. The molecule has 0 unspecified atom stereocenters. The fourth-order valence-electron chi connectivity index (χ4n) is 2.26. The zero-order valence-corrected chi connectivity index (χ0v) is 16.2. The Bertz CT molecular complexity index is 926. The van der Waals surface area contributed by atoms with Gasteiger partial charge in [0.1, 0.15) is 18.1 Å². The maximum Gasteiger partial charge on any atom is 0.321 e. The third-order valence-electron chi connectivity index (χ3n) is 3.66. The number of rotatable bonds is 9. The quantitative estimate of drug-likeness (QED) is 0.504. The third kappa shape index (κ3) is 5.86. The first-order chi connectivity index (χ1) is 13.2. The van der Waals surface area contributed by atoms with Gasteiger partial charge in [-0.15, -0.1) is 0 Å². The average Bonchev–Trinajstić information content (AvgIpc) is 2.67. The number of hydrogen-bond acceptors (Lipinski definition) is 6. The molecule has 2 aromatic rings. The van der Waals surface area contributed by atoms with Gasteiger partial charge in [0, 0.05) is 5.56 Å². The van der Waals surface area contributed by atoms with Crippen molar-refractivity contribution in [3.05, 3.63) is 59.9 Å². The molecule has 0 fully saturated rings. The number of Topliss-reactive ketones (excluding diaryl/α,β-unsaturated/α-hetero) is 1. The monoisotopic (exact) mass is 409 g/mol. The second-order valence-electron chi connectivity index (χ2n) is 5.73. The van der Waals surface area contributed by atoms with Crippen molar-refractivity contribution in [1.29, 1.82) is 0 Å². The van der Waals surface area contributed by atoms with Gasteiger partial charge in [0.15, 0.2) is 6.10 Å². The first kappa shape index (κ1) is 21.5. The number of ketones is 1. The summed E-state index contributed by atoms with van der Waals surface area (Å²) in [5.74, 6) is -1.42. The summed E-state index contributed by atoms with van der Waals surface area (Å²) < 4.78 is 49.6. The van der Waals surface area contributed by atoms with Gasteiger partial charge in [-0.05, 0) is 62.4 Å². The van der Waals surface area contributed by atoms with Crippen LogP contribution in [0.25, 0.3) is 0 Å². The second-order valence-corrected chi connectivity index (χ2v) is 7.50. The van der Waals surface area contributed by atoms with Crippen LogP contribution >= 0.6 is 0 Å². The Balaban J connectivity index is 1.91. The normalized spacial score (nSPS) is 12.2. The lowest BCUT2D eigenvalue weighted by atomic mass is 10.1. The van der Waals surface area contributed by atoms with E-state index in [4.69, 9.17) is 9.47 Å². The van der Waals surface area contributed by atoms with Crippen molar-refractivity contribution in [2.24, 2.45) is 0 Å². The predicted octanol–water partition coefficient (Wildman–Crippen LogP) is 2.32. The molecule has 0 aliphatic rings. The molecular formula is C19H20FNO6S. The molecule has 1 N–H and O–H groups in total. The van der Waals surface area contributed by atoms with Crippen LogP contribution in [0.5, 0.6) is 5.75 Å². The van der Waals surface area contributed by atoms with E-state index in [0.29, 0.717) is 12.4 Å². The average molecular weight is 409 g/mol. The Morgan fingerprint density at radius 2 is 1.68 bits per heavy atom. The van der Waals surface area contributed by atoms with E-state index in [9.17, 15) is 22.4 Å². The van der Waals surface area contributed by atoms with Gasteiger partial charge in [0.2, 0.25) is 15.8 Å². The molecule has 2 rings (SSSR count). The lowest BCUT2D eigenvalue weighted by molar-refractivity contribution is -0.144. The van der Waals surface area contributed by atoms with Crippen LogP contribution in [-0.4, -0.2) is 39.4 Å². The van der Waals surface area contributed by atoms with Gasteiger partial charge in [-0.3, -0.25) is 9.59 Å². The van der Waals surface area contributed by atoms with Gasteiger partial charge in [-0.1, -0.05) is 0 Å². The fourth-order valence-corrected chi connectivity index (χ4v) is 3.23. The van der Waals surface area contributed by atoms with E-state index in [-0.39, 0.29) is 10.5 Å².